The van der Waals surface area contributed by atoms with Gasteiger partial charge in [-0.05, 0) is 28.5 Å². The SMILES string of the molecule is c1ccc([C@@H]2O[C@H]2COc2ccc3ccccc3c2)cc1. The molecule has 2 atom stereocenters. The monoisotopic (exact) mass is 276 g/mol. The Morgan fingerprint density at radius 1 is 0.810 bits per heavy atom. The normalized spacial score (nSPS) is 20.4. The van der Waals surface area contributed by atoms with Gasteiger partial charge >= 0.3 is 0 Å². The summed E-state index contributed by atoms with van der Waals surface area (Å²) in [5.74, 6) is 0.899. The second-order valence-electron chi connectivity index (χ2n) is 5.33. The van der Waals surface area contributed by atoms with Crippen LogP contribution < -0.4 is 4.74 Å². The summed E-state index contributed by atoms with van der Waals surface area (Å²) in [7, 11) is 0. The molecule has 104 valence electrons. The first kappa shape index (κ1) is 12.4. The molecule has 0 amide bonds. The fraction of sp³-hybridized carbons (Fsp3) is 0.158. The maximum Gasteiger partial charge on any atom is 0.123 e. The van der Waals surface area contributed by atoms with Crippen LogP contribution in [-0.2, 0) is 4.74 Å². The van der Waals surface area contributed by atoms with E-state index in [4.69, 9.17) is 9.47 Å². The van der Waals surface area contributed by atoms with Gasteiger partial charge in [-0.25, -0.2) is 0 Å². The minimum absolute atomic E-state index is 0.166. The minimum atomic E-state index is 0.166. The Bertz CT molecular complexity index is 752. The number of rotatable bonds is 4. The van der Waals surface area contributed by atoms with E-state index in [1.165, 1.54) is 16.3 Å². The highest BCUT2D eigenvalue weighted by Crippen LogP contribution is 2.38. The molecule has 1 aliphatic heterocycles. The highest BCUT2D eigenvalue weighted by Gasteiger charge is 2.40. The highest BCUT2D eigenvalue weighted by atomic mass is 16.6. The van der Waals surface area contributed by atoms with Gasteiger partial charge in [-0.15, -0.1) is 0 Å². The average molecular weight is 276 g/mol. The van der Waals surface area contributed by atoms with E-state index < -0.39 is 0 Å². The van der Waals surface area contributed by atoms with Crippen molar-refractivity contribution in [2.45, 2.75) is 12.2 Å². The maximum absolute atomic E-state index is 5.86. The van der Waals surface area contributed by atoms with Crippen molar-refractivity contribution in [3.63, 3.8) is 0 Å². The molecule has 1 aliphatic rings. The van der Waals surface area contributed by atoms with Gasteiger partial charge in [-0.3, -0.25) is 0 Å². The first-order valence-corrected chi connectivity index (χ1v) is 7.22. The van der Waals surface area contributed by atoms with Crippen LogP contribution in [0.1, 0.15) is 11.7 Å². The second kappa shape index (κ2) is 5.23. The lowest BCUT2D eigenvalue weighted by Crippen LogP contribution is -2.05. The topological polar surface area (TPSA) is 21.8 Å². The van der Waals surface area contributed by atoms with Crippen molar-refractivity contribution < 1.29 is 9.47 Å². The zero-order chi connectivity index (χ0) is 14.1. The van der Waals surface area contributed by atoms with Crippen molar-refractivity contribution >= 4 is 10.8 Å². The first-order chi connectivity index (χ1) is 10.4. The Balaban J connectivity index is 1.41. The van der Waals surface area contributed by atoms with Crippen molar-refractivity contribution in [2.75, 3.05) is 6.61 Å². The van der Waals surface area contributed by atoms with E-state index in [1.807, 2.05) is 36.4 Å². The van der Waals surface area contributed by atoms with E-state index in [2.05, 4.69) is 36.4 Å². The predicted octanol–water partition coefficient (Wildman–Crippen LogP) is 4.36. The number of hydrogen-bond acceptors (Lipinski definition) is 2. The van der Waals surface area contributed by atoms with Crippen LogP contribution in [0.5, 0.6) is 5.75 Å². The molecule has 0 bridgehead atoms. The summed E-state index contributed by atoms with van der Waals surface area (Å²) in [6.07, 6.45) is 0.352. The summed E-state index contributed by atoms with van der Waals surface area (Å²) < 4.78 is 11.6. The van der Waals surface area contributed by atoms with Crippen molar-refractivity contribution in [1.29, 1.82) is 0 Å². The summed E-state index contributed by atoms with van der Waals surface area (Å²) >= 11 is 0. The first-order valence-electron chi connectivity index (χ1n) is 7.22. The number of benzene rings is 3. The summed E-state index contributed by atoms with van der Waals surface area (Å²) in [6, 6.07) is 24.8. The van der Waals surface area contributed by atoms with Gasteiger partial charge in [0.15, 0.2) is 0 Å². The molecule has 1 saturated heterocycles. The molecule has 0 saturated carbocycles. The van der Waals surface area contributed by atoms with Gasteiger partial charge in [0.05, 0.1) is 0 Å². The molecule has 0 aromatic heterocycles. The molecule has 0 spiro atoms. The highest BCUT2D eigenvalue weighted by molar-refractivity contribution is 5.83. The molecule has 2 heteroatoms. The van der Waals surface area contributed by atoms with E-state index in [-0.39, 0.29) is 12.2 Å². The van der Waals surface area contributed by atoms with E-state index in [9.17, 15) is 0 Å². The van der Waals surface area contributed by atoms with Crippen LogP contribution in [0.25, 0.3) is 10.8 Å². The van der Waals surface area contributed by atoms with Crippen LogP contribution in [0.2, 0.25) is 0 Å². The Hall–Kier alpha value is -2.32. The zero-order valence-corrected chi connectivity index (χ0v) is 11.6. The quantitative estimate of drug-likeness (QED) is 0.660. The van der Waals surface area contributed by atoms with E-state index in [1.54, 1.807) is 0 Å². The van der Waals surface area contributed by atoms with Gasteiger partial charge in [-0.1, -0.05) is 60.7 Å². The Morgan fingerprint density at radius 3 is 2.43 bits per heavy atom. The molecule has 1 fully saturated rings. The fourth-order valence-electron chi connectivity index (χ4n) is 2.64. The van der Waals surface area contributed by atoms with Crippen molar-refractivity contribution in [1.82, 2.24) is 0 Å². The largest absolute Gasteiger partial charge is 0.491 e. The molecule has 0 radical (unpaired) electrons. The average Bonchev–Trinajstić information content (AvgIpc) is 3.33. The Labute approximate surface area is 123 Å². The number of ether oxygens (including phenoxy) is 2. The van der Waals surface area contributed by atoms with Gasteiger partial charge in [0.1, 0.15) is 24.6 Å². The molecule has 3 aromatic rings. The van der Waals surface area contributed by atoms with Gasteiger partial charge in [0.2, 0.25) is 0 Å². The van der Waals surface area contributed by atoms with Crippen LogP contribution in [0.4, 0.5) is 0 Å². The minimum Gasteiger partial charge on any atom is -0.491 e. The molecule has 4 rings (SSSR count). The summed E-state index contributed by atoms with van der Waals surface area (Å²) in [6.45, 7) is 0.595. The van der Waals surface area contributed by atoms with E-state index >= 15 is 0 Å². The molecular formula is C19H16O2. The summed E-state index contributed by atoms with van der Waals surface area (Å²) in [5, 5.41) is 2.43. The van der Waals surface area contributed by atoms with Crippen LogP contribution in [0.3, 0.4) is 0 Å². The van der Waals surface area contributed by atoms with E-state index in [0.717, 1.165) is 5.75 Å². The molecule has 21 heavy (non-hydrogen) atoms. The van der Waals surface area contributed by atoms with Gasteiger partial charge in [0, 0.05) is 0 Å². The predicted molar refractivity (Wildman–Crippen MR) is 83.5 cm³/mol. The van der Waals surface area contributed by atoms with Crippen LogP contribution >= 0.6 is 0 Å². The number of hydrogen-bond donors (Lipinski definition) is 0. The maximum atomic E-state index is 5.86. The lowest BCUT2D eigenvalue weighted by Gasteiger charge is -2.05. The van der Waals surface area contributed by atoms with Crippen LogP contribution in [-0.4, -0.2) is 12.7 Å². The molecule has 0 N–H and O–H groups in total. The van der Waals surface area contributed by atoms with Crippen molar-refractivity contribution in [2.24, 2.45) is 0 Å². The molecule has 2 nitrogen and oxygen atoms in total. The molecule has 0 unspecified atom stereocenters. The Kier molecular flexibility index (Phi) is 3.09. The summed E-state index contributed by atoms with van der Waals surface area (Å²) in [4.78, 5) is 0. The third-order valence-corrected chi connectivity index (χ3v) is 3.85. The smallest absolute Gasteiger partial charge is 0.123 e. The van der Waals surface area contributed by atoms with E-state index in [0.29, 0.717) is 6.61 Å². The molecule has 1 heterocycles. The number of epoxide rings is 1. The summed E-state index contributed by atoms with van der Waals surface area (Å²) in [5.41, 5.74) is 1.23. The zero-order valence-electron chi connectivity index (χ0n) is 11.6. The molecular weight excluding hydrogens is 260 g/mol. The van der Waals surface area contributed by atoms with Gasteiger partial charge < -0.3 is 9.47 Å². The number of fused-ring (bicyclic) bond motifs is 1. The fourth-order valence-corrected chi connectivity index (χ4v) is 2.64. The molecule has 3 aromatic carbocycles. The van der Waals surface area contributed by atoms with Crippen molar-refractivity contribution in [3.8, 4) is 5.75 Å². The van der Waals surface area contributed by atoms with Crippen LogP contribution in [0, 0.1) is 0 Å². The lowest BCUT2D eigenvalue weighted by atomic mass is 10.1. The third kappa shape index (κ3) is 2.63. The standard InChI is InChI=1S/C19H16O2/c1-2-7-15(8-3-1)19-18(21-19)13-20-17-11-10-14-6-4-5-9-16(14)12-17/h1-12,18-19H,13H2/t18-,19-/m0/s1. The third-order valence-electron chi connectivity index (χ3n) is 3.85. The van der Waals surface area contributed by atoms with Gasteiger partial charge in [-0.2, -0.15) is 0 Å². The van der Waals surface area contributed by atoms with Crippen molar-refractivity contribution in [3.05, 3.63) is 78.4 Å². The molecule has 0 aliphatic carbocycles. The van der Waals surface area contributed by atoms with Gasteiger partial charge in [0.25, 0.3) is 0 Å². The second-order valence-corrected chi connectivity index (χ2v) is 5.33. The lowest BCUT2D eigenvalue weighted by molar-refractivity contribution is 0.260. The Morgan fingerprint density at radius 2 is 1.57 bits per heavy atom. The van der Waals surface area contributed by atoms with Crippen LogP contribution in [0.15, 0.2) is 72.8 Å².